The minimum atomic E-state index is -0.166. The molecule has 160 valence electrons. The molecule has 0 saturated carbocycles. The lowest BCUT2D eigenvalue weighted by Crippen LogP contribution is -2.48. The summed E-state index contributed by atoms with van der Waals surface area (Å²) in [7, 11) is 0. The highest BCUT2D eigenvalue weighted by Crippen LogP contribution is 2.32. The lowest BCUT2D eigenvalue weighted by molar-refractivity contribution is -0.130. The van der Waals surface area contributed by atoms with Crippen LogP contribution in [0.1, 0.15) is 24.6 Å². The molecule has 0 unspecified atom stereocenters. The van der Waals surface area contributed by atoms with Gasteiger partial charge in [-0.25, -0.2) is 4.98 Å². The second-order valence-electron chi connectivity index (χ2n) is 7.43. The topological polar surface area (TPSA) is 87.8 Å². The number of nitrogens with zero attached hydrogens (tertiary/aromatic N) is 3. The van der Waals surface area contributed by atoms with Crippen LogP contribution in [0.25, 0.3) is 0 Å². The number of aromatic nitrogens is 2. The summed E-state index contributed by atoms with van der Waals surface area (Å²) in [5.74, 6) is 1.95. The maximum atomic E-state index is 12.6. The number of piperazine rings is 1. The highest BCUT2D eigenvalue weighted by Gasteiger charge is 2.22. The van der Waals surface area contributed by atoms with E-state index >= 15 is 0 Å². The lowest BCUT2D eigenvalue weighted by atomic mass is 10.1. The second-order valence-corrected chi connectivity index (χ2v) is 8.39. The van der Waals surface area contributed by atoms with Gasteiger partial charge < -0.3 is 19.4 Å². The summed E-state index contributed by atoms with van der Waals surface area (Å²) in [5, 5.41) is 0.515. The number of carbonyl (C=O) groups excluding carboxylic acids is 1. The van der Waals surface area contributed by atoms with Gasteiger partial charge in [0.25, 0.3) is 5.56 Å². The van der Waals surface area contributed by atoms with Crippen molar-refractivity contribution < 1.29 is 14.3 Å². The molecule has 0 radical (unpaired) electrons. The normalized spacial score (nSPS) is 16.1. The number of aryl methyl sites for hydroxylation is 1. The molecule has 1 amide bonds. The molecule has 9 heteroatoms. The number of carbonyl (C=O) groups is 1. The predicted octanol–water partition coefficient (Wildman–Crippen LogP) is 1.89. The van der Waals surface area contributed by atoms with Gasteiger partial charge in [0.05, 0.1) is 5.75 Å². The van der Waals surface area contributed by atoms with Crippen molar-refractivity contribution in [3.05, 3.63) is 45.9 Å². The monoisotopic (exact) mass is 430 g/mol. The van der Waals surface area contributed by atoms with Crippen molar-refractivity contribution in [2.45, 2.75) is 31.5 Å². The van der Waals surface area contributed by atoms with Crippen LogP contribution in [-0.4, -0.2) is 64.4 Å². The van der Waals surface area contributed by atoms with E-state index in [1.165, 1.54) is 23.4 Å². The largest absolute Gasteiger partial charge is 0.454 e. The first-order valence-electron chi connectivity index (χ1n) is 10.2. The Kier molecular flexibility index (Phi) is 6.59. The molecule has 30 heavy (non-hydrogen) atoms. The van der Waals surface area contributed by atoms with Gasteiger partial charge in [-0.3, -0.25) is 14.5 Å². The van der Waals surface area contributed by atoms with Crippen LogP contribution >= 0.6 is 11.8 Å². The molecule has 0 atom stereocenters. The first-order chi connectivity index (χ1) is 14.6. The molecular weight excluding hydrogens is 404 g/mol. The molecule has 1 aromatic heterocycles. The Hall–Kier alpha value is -2.52. The Bertz CT molecular complexity index is 956. The molecule has 1 aromatic carbocycles. The predicted molar refractivity (Wildman–Crippen MR) is 114 cm³/mol. The number of rotatable bonds is 7. The molecule has 0 spiro atoms. The van der Waals surface area contributed by atoms with E-state index in [0.29, 0.717) is 18.2 Å². The summed E-state index contributed by atoms with van der Waals surface area (Å²) in [6.45, 7) is 6.20. The summed E-state index contributed by atoms with van der Waals surface area (Å²) >= 11 is 1.29. The SMILES string of the molecule is CCCc1cc(=O)[nH]c(SCC(=O)N2CCN(Cc3ccc4c(c3)OCO4)CC2)n1. The van der Waals surface area contributed by atoms with E-state index in [4.69, 9.17) is 9.47 Å². The van der Waals surface area contributed by atoms with E-state index in [9.17, 15) is 9.59 Å². The Morgan fingerprint density at radius 3 is 2.77 bits per heavy atom. The van der Waals surface area contributed by atoms with Crippen LogP contribution in [-0.2, 0) is 17.8 Å². The Morgan fingerprint density at radius 2 is 1.97 bits per heavy atom. The van der Waals surface area contributed by atoms with Gasteiger partial charge in [0, 0.05) is 44.5 Å². The van der Waals surface area contributed by atoms with Crippen molar-refractivity contribution in [3.8, 4) is 11.5 Å². The summed E-state index contributed by atoms with van der Waals surface area (Å²) in [4.78, 5) is 35.7. The van der Waals surface area contributed by atoms with Crippen LogP contribution in [0.4, 0.5) is 0 Å². The maximum Gasteiger partial charge on any atom is 0.251 e. The van der Waals surface area contributed by atoms with E-state index in [1.807, 2.05) is 24.0 Å². The van der Waals surface area contributed by atoms with Crippen molar-refractivity contribution in [1.82, 2.24) is 19.8 Å². The summed E-state index contributed by atoms with van der Waals surface area (Å²) in [6, 6.07) is 7.55. The fourth-order valence-electron chi connectivity index (χ4n) is 3.61. The molecule has 8 nitrogen and oxygen atoms in total. The minimum absolute atomic E-state index is 0.0753. The van der Waals surface area contributed by atoms with Gasteiger partial charge in [0.2, 0.25) is 12.7 Å². The molecule has 1 fully saturated rings. The number of fused-ring (bicyclic) bond motifs is 1. The number of H-pyrrole nitrogens is 1. The molecule has 1 N–H and O–H groups in total. The molecular formula is C21H26N4O4S. The third kappa shape index (κ3) is 5.14. The number of ether oxygens (including phenoxy) is 2. The second kappa shape index (κ2) is 9.53. The highest BCUT2D eigenvalue weighted by molar-refractivity contribution is 7.99. The molecule has 0 aliphatic carbocycles. The average molecular weight is 431 g/mol. The van der Waals surface area contributed by atoms with Crippen molar-refractivity contribution in [2.24, 2.45) is 0 Å². The standard InChI is InChI=1S/C21H26N4O4S/c1-2-3-16-11-19(26)23-21(22-16)30-13-20(27)25-8-6-24(7-9-25)12-15-4-5-17-18(10-15)29-14-28-17/h4-5,10-11H,2-3,6-9,12-14H2,1H3,(H,22,23,26). The quantitative estimate of drug-likeness (QED) is 0.530. The number of hydrogen-bond acceptors (Lipinski definition) is 7. The first-order valence-corrected chi connectivity index (χ1v) is 11.2. The zero-order valence-corrected chi connectivity index (χ0v) is 17.9. The van der Waals surface area contributed by atoms with Gasteiger partial charge in [-0.15, -0.1) is 0 Å². The fraction of sp³-hybridized carbons (Fsp3) is 0.476. The van der Waals surface area contributed by atoms with E-state index in [-0.39, 0.29) is 24.0 Å². The van der Waals surface area contributed by atoms with Crippen LogP contribution < -0.4 is 15.0 Å². The van der Waals surface area contributed by atoms with Gasteiger partial charge >= 0.3 is 0 Å². The number of hydrogen-bond donors (Lipinski definition) is 1. The van der Waals surface area contributed by atoms with Crippen molar-refractivity contribution in [3.63, 3.8) is 0 Å². The molecule has 2 aliphatic heterocycles. The summed E-state index contributed by atoms with van der Waals surface area (Å²) < 4.78 is 10.8. The average Bonchev–Trinajstić information content (AvgIpc) is 3.20. The van der Waals surface area contributed by atoms with E-state index in [0.717, 1.165) is 49.7 Å². The third-order valence-corrected chi connectivity index (χ3v) is 6.04. The minimum Gasteiger partial charge on any atom is -0.454 e. The summed E-state index contributed by atoms with van der Waals surface area (Å²) in [6.07, 6.45) is 1.69. The van der Waals surface area contributed by atoms with Gasteiger partial charge in [0.1, 0.15) is 0 Å². The van der Waals surface area contributed by atoms with Gasteiger partial charge in [-0.05, 0) is 24.1 Å². The lowest BCUT2D eigenvalue weighted by Gasteiger charge is -2.34. The smallest absolute Gasteiger partial charge is 0.251 e. The van der Waals surface area contributed by atoms with E-state index in [2.05, 4.69) is 20.9 Å². The molecule has 1 saturated heterocycles. The number of nitrogens with one attached hydrogen (secondary N) is 1. The van der Waals surface area contributed by atoms with E-state index in [1.54, 1.807) is 0 Å². The third-order valence-electron chi connectivity index (χ3n) is 5.18. The summed E-state index contributed by atoms with van der Waals surface area (Å²) in [5.41, 5.74) is 1.78. The molecule has 4 rings (SSSR count). The van der Waals surface area contributed by atoms with E-state index < -0.39 is 0 Å². The molecule has 3 heterocycles. The van der Waals surface area contributed by atoms with Crippen molar-refractivity contribution >= 4 is 17.7 Å². The van der Waals surface area contributed by atoms with Crippen molar-refractivity contribution in [2.75, 3.05) is 38.7 Å². The highest BCUT2D eigenvalue weighted by atomic mass is 32.2. The Balaban J connectivity index is 1.25. The maximum absolute atomic E-state index is 12.6. The zero-order chi connectivity index (χ0) is 20.9. The van der Waals surface area contributed by atoms with Gasteiger partial charge in [0.15, 0.2) is 16.7 Å². The van der Waals surface area contributed by atoms with Gasteiger partial charge in [-0.2, -0.15) is 0 Å². The Morgan fingerprint density at radius 1 is 1.17 bits per heavy atom. The van der Waals surface area contributed by atoms with Crippen LogP contribution in [0.2, 0.25) is 0 Å². The van der Waals surface area contributed by atoms with Crippen molar-refractivity contribution in [1.29, 1.82) is 0 Å². The van der Waals surface area contributed by atoms with Crippen LogP contribution in [0, 0.1) is 0 Å². The van der Waals surface area contributed by atoms with Crippen LogP contribution in [0.3, 0.4) is 0 Å². The molecule has 0 bridgehead atoms. The van der Waals surface area contributed by atoms with Gasteiger partial charge in [-0.1, -0.05) is 31.2 Å². The first kappa shape index (κ1) is 20.7. The number of benzene rings is 1. The molecule has 2 aromatic rings. The number of thioether (sulfide) groups is 1. The van der Waals surface area contributed by atoms with Crippen LogP contribution in [0.15, 0.2) is 34.2 Å². The Labute approximate surface area is 179 Å². The fourth-order valence-corrected chi connectivity index (χ4v) is 4.41. The number of aromatic amines is 1. The molecule has 2 aliphatic rings. The van der Waals surface area contributed by atoms with Crippen LogP contribution in [0.5, 0.6) is 11.5 Å². The number of amides is 1. The zero-order valence-electron chi connectivity index (χ0n) is 17.1.